The highest BCUT2D eigenvalue weighted by Gasteiger charge is 2.34. The second kappa shape index (κ2) is 6.35. The third kappa shape index (κ3) is 3.39. The molecule has 1 amide bonds. The fraction of sp³-hybridized carbons (Fsp3) is 0.583. The number of rotatable bonds is 3. The van der Waals surface area contributed by atoms with Crippen molar-refractivity contribution in [3.05, 3.63) is 18.0 Å². The van der Waals surface area contributed by atoms with E-state index in [4.69, 9.17) is 5.73 Å². The molecule has 1 aromatic heterocycles. The minimum atomic E-state index is -3.61. The Hall–Kier alpha value is -1.09. The Morgan fingerprint density at radius 1 is 1.43 bits per heavy atom. The van der Waals surface area contributed by atoms with Crippen LogP contribution in [-0.4, -0.2) is 48.4 Å². The molecule has 7 nitrogen and oxygen atoms in total. The van der Waals surface area contributed by atoms with Gasteiger partial charge in [0.2, 0.25) is 10.0 Å². The Labute approximate surface area is 130 Å². The topological polar surface area (TPSA) is 97.4 Å². The number of carbonyl (C=O) groups is 1. The van der Waals surface area contributed by atoms with E-state index in [2.05, 4.69) is 5.32 Å². The number of hydrogen-bond acceptors (Lipinski definition) is 4. The van der Waals surface area contributed by atoms with Crippen molar-refractivity contribution >= 4 is 28.3 Å². The number of nitrogens with zero attached hydrogens (tertiary/aromatic N) is 2. The van der Waals surface area contributed by atoms with Crippen molar-refractivity contribution in [2.45, 2.75) is 30.8 Å². The molecule has 1 aliphatic heterocycles. The van der Waals surface area contributed by atoms with E-state index >= 15 is 0 Å². The van der Waals surface area contributed by atoms with Gasteiger partial charge in [0.1, 0.15) is 10.6 Å². The zero-order valence-corrected chi connectivity index (χ0v) is 13.9. The van der Waals surface area contributed by atoms with Gasteiger partial charge in [0, 0.05) is 38.4 Å². The summed E-state index contributed by atoms with van der Waals surface area (Å²) >= 11 is 0. The predicted octanol–water partition coefficient (Wildman–Crippen LogP) is -0.0833. The number of aromatic nitrogens is 1. The fourth-order valence-corrected chi connectivity index (χ4v) is 4.17. The number of primary amides is 1. The van der Waals surface area contributed by atoms with Gasteiger partial charge in [-0.2, -0.15) is 4.31 Å². The smallest absolute Gasteiger partial charge is 0.265 e. The largest absolute Gasteiger partial charge is 0.364 e. The van der Waals surface area contributed by atoms with Crippen LogP contribution >= 0.6 is 12.4 Å². The highest BCUT2D eigenvalue weighted by Crippen LogP contribution is 2.22. The van der Waals surface area contributed by atoms with Crippen molar-refractivity contribution in [1.29, 1.82) is 0 Å². The highest BCUT2D eigenvalue weighted by atomic mass is 35.5. The van der Waals surface area contributed by atoms with E-state index in [-0.39, 0.29) is 35.1 Å². The summed E-state index contributed by atoms with van der Waals surface area (Å²) in [6, 6.07) is 1.30. The summed E-state index contributed by atoms with van der Waals surface area (Å²) in [5.41, 5.74) is 5.40. The maximum Gasteiger partial charge on any atom is 0.265 e. The molecule has 1 aliphatic rings. The van der Waals surface area contributed by atoms with E-state index in [1.54, 1.807) is 7.05 Å². The van der Waals surface area contributed by atoms with E-state index in [9.17, 15) is 13.2 Å². The SMILES string of the molecule is CC1CN(S(=O)(=O)c2cc(C(N)=O)n(C)c2)C(C)CN1.Cl. The zero-order chi connectivity index (χ0) is 15.1. The summed E-state index contributed by atoms with van der Waals surface area (Å²) in [5.74, 6) is -0.643. The second-order valence-electron chi connectivity index (χ2n) is 5.27. The van der Waals surface area contributed by atoms with Gasteiger partial charge in [-0.25, -0.2) is 8.42 Å². The van der Waals surface area contributed by atoms with Gasteiger partial charge in [0.15, 0.2) is 0 Å². The van der Waals surface area contributed by atoms with Gasteiger partial charge >= 0.3 is 0 Å². The minimum absolute atomic E-state index is 0. The van der Waals surface area contributed by atoms with Gasteiger partial charge in [-0.05, 0) is 19.9 Å². The predicted molar refractivity (Wildman–Crippen MR) is 82.0 cm³/mol. The molecule has 1 aromatic rings. The molecule has 21 heavy (non-hydrogen) atoms. The van der Waals surface area contributed by atoms with Crippen LogP contribution < -0.4 is 11.1 Å². The van der Waals surface area contributed by atoms with Crippen LogP contribution in [-0.2, 0) is 17.1 Å². The molecule has 1 fully saturated rings. The lowest BCUT2D eigenvalue weighted by atomic mass is 10.2. The summed E-state index contributed by atoms with van der Waals surface area (Å²) in [5, 5.41) is 3.23. The van der Waals surface area contributed by atoms with Crippen molar-refractivity contribution in [1.82, 2.24) is 14.2 Å². The van der Waals surface area contributed by atoms with Gasteiger partial charge in [-0.1, -0.05) is 0 Å². The number of amides is 1. The monoisotopic (exact) mass is 336 g/mol. The normalized spacial score (nSPS) is 23.6. The summed E-state index contributed by atoms with van der Waals surface area (Å²) in [4.78, 5) is 11.3. The van der Waals surface area contributed by atoms with E-state index in [1.807, 2.05) is 13.8 Å². The van der Waals surface area contributed by atoms with Crippen LogP contribution in [0.15, 0.2) is 17.2 Å². The molecule has 2 atom stereocenters. The third-order valence-electron chi connectivity index (χ3n) is 3.55. The Balaban J connectivity index is 0.00000220. The molecule has 0 bridgehead atoms. The highest BCUT2D eigenvalue weighted by molar-refractivity contribution is 7.89. The van der Waals surface area contributed by atoms with Crippen LogP contribution in [0.2, 0.25) is 0 Å². The zero-order valence-electron chi connectivity index (χ0n) is 12.2. The lowest BCUT2D eigenvalue weighted by Crippen LogP contribution is -2.56. The first-order chi connectivity index (χ1) is 9.23. The van der Waals surface area contributed by atoms with Crippen molar-refractivity contribution < 1.29 is 13.2 Å². The molecule has 2 rings (SSSR count). The molecule has 0 saturated carbocycles. The number of nitrogens with one attached hydrogen (secondary N) is 1. The summed E-state index contributed by atoms with van der Waals surface area (Å²) < 4.78 is 28.2. The first-order valence-electron chi connectivity index (χ1n) is 6.45. The number of piperazine rings is 1. The van der Waals surface area contributed by atoms with Gasteiger partial charge < -0.3 is 15.6 Å². The van der Waals surface area contributed by atoms with Crippen LogP contribution in [0, 0.1) is 0 Å². The molecule has 9 heteroatoms. The molecule has 0 aliphatic carbocycles. The van der Waals surface area contributed by atoms with E-state index in [0.717, 1.165) is 0 Å². The molecule has 120 valence electrons. The van der Waals surface area contributed by atoms with E-state index in [0.29, 0.717) is 13.1 Å². The minimum Gasteiger partial charge on any atom is -0.364 e. The molecular weight excluding hydrogens is 316 g/mol. The van der Waals surface area contributed by atoms with Crippen molar-refractivity contribution in [3.63, 3.8) is 0 Å². The van der Waals surface area contributed by atoms with Crippen LogP contribution in [0.3, 0.4) is 0 Å². The molecule has 0 spiro atoms. The number of nitrogens with two attached hydrogens (primary N) is 1. The van der Waals surface area contributed by atoms with Gasteiger partial charge in [-0.3, -0.25) is 4.79 Å². The lowest BCUT2D eigenvalue weighted by Gasteiger charge is -2.36. The van der Waals surface area contributed by atoms with Crippen molar-refractivity contribution in [2.24, 2.45) is 12.8 Å². The standard InChI is InChI=1S/C12H20N4O3S.ClH/c1-8-6-16(9(2)5-14-8)20(18,19)10-4-11(12(13)17)15(3)7-10;/h4,7-9,14H,5-6H2,1-3H3,(H2,13,17);1H. The Bertz CT molecular complexity index is 628. The summed E-state index contributed by atoms with van der Waals surface area (Å²) in [6.45, 7) is 4.81. The number of carbonyl (C=O) groups excluding carboxylic acids is 1. The van der Waals surface area contributed by atoms with Crippen molar-refractivity contribution in [3.8, 4) is 0 Å². The summed E-state index contributed by atoms with van der Waals surface area (Å²) in [7, 11) is -2.01. The maximum atomic E-state index is 12.7. The molecular formula is C12H21ClN4O3S. The average molecular weight is 337 g/mol. The molecule has 1 saturated heterocycles. The first-order valence-corrected chi connectivity index (χ1v) is 7.89. The number of aryl methyl sites for hydroxylation is 1. The summed E-state index contributed by atoms with van der Waals surface area (Å²) in [6.07, 6.45) is 1.43. The van der Waals surface area contributed by atoms with Crippen LogP contribution in [0.5, 0.6) is 0 Å². The Morgan fingerprint density at radius 2 is 2.05 bits per heavy atom. The van der Waals surface area contributed by atoms with Crippen LogP contribution in [0.25, 0.3) is 0 Å². The Kier molecular flexibility index (Phi) is 5.43. The molecule has 2 unspecified atom stereocenters. The van der Waals surface area contributed by atoms with Crippen LogP contribution in [0.4, 0.5) is 0 Å². The third-order valence-corrected chi connectivity index (χ3v) is 5.49. The lowest BCUT2D eigenvalue weighted by molar-refractivity contribution is 0.0992. The molecule has 0 radical (unpaired) electrons. The number of hydrogen-bond donors (Lipinski definition) is 2. The number of sulfonamides is 1. The second-order valence-corrected chi connectivity index (χ2v) is 7.16. The quantitative estimate of drug-likeness (QED) is 0.806. The maximum absolute atomic E-state index is 12.7. The number of halogens is 1. The van der Waals surface area contributed by atoms with E-state index < -0.39 is 15.9 Å². The Morgan fingerprint density at radius 3 is 2.57 bits per heavy atom. The molecule has 2 heterocycles. The van der Waals surface area contributed by atoms with Gasteiger partial charge in [0.25, 0.3) is 5.91 Å². The first kappa shape index (κ1) is 18.0. The fourth-order valence-electron chi connectivity index (χ4n) is 2.38. The van der Waals surface area contributed by atoms with E-state index in [1.165, 1.54) is 21.1 Å². The van der Waals surface area contributed by atoms with Crippen molar-refractivity contribution in [2.75, 3.05) is 13.1 Å². The van der Waals surface area contributed by atoms with Crippen LogP contribution in [0.1, 0.15) is 24.3 Å². The van der Waals surface area contributed by atoms with Gasteiger partial charge in [0.05, 0.1) is 0 Å². The molecule has 3 N–H and O–H groups in total. The molecule has 0 aromatic carbocycles. The average Bonchev–Trinajstić information content (AvgIpc) is 2.75. The van der Waals surface area contributed by atoms with Gasteiger partial charge in [-0.15, -0.1) is 12.4 Å².